The van der Waals surface area contributed by atoms with Crippen molar-refractivity contribution >= 4 is 0 Å². The molecule has 1 aliphatic rings. The maximum Gasteiger partial charge on any atom is 0.166 e. The van der Waals surface area contributed by atoms with E-state index in [0.717, 1.165) is 67.6 Å². The van der Waals surface area contributed by atoms with Crippen molar-refractivity contribution in [3.8, 4) is 22.3 Å². The van der Waals surface area contributed by atoms with Crippen LogP contribution in [0.3, 0.4) is 0 Å². The summed E-state index contributed by atoms with van der Waals surface area (Å²) in [4.78, 5) is 0. The number of rotatable bonds is 9. The van der Waals surface area contributed by atoms with Gasteiger partial charge in [-0.05, 0) is 97.1 Å². The Morgan fingerprint density at radius 2 is 1.51 bits per heavy atom. The summed E-state index contributed by atoms with van der Waals surface area (Å²) in [6, 6.07) is 16.1. The van der Waals surface area contributed by atoms with E-state index in [4.69, 9.17) is 0 Å². The van der Waals surface area contributed by atoms with Gasteiger partial charge in [-0.3, -0.25) is 0 Å². The van der Waals surface area contributed by atoms with Crippen LogP contribution in [0.15, 0.2) is 67.3 Å². The number of halogens is 3. The van der Waals surface area contributed by atoms with Crippen molar-refractivity contribution in [2.75, 3.05) is 0 Å². The molecule has 184 valence electrons. The Bertz CT molecular complexity index is 1140. The molecule has 4 rings (SSSR count). The lowest BCUT2D eigenvalue weighted by molar-refractivity contribution is 0.308. The van der Waals surface area contributed by atoms with Crippen LogP contribution in [-0.2, 0) is 6.42 Å². The van der Waals surface area contributed by atoms with Gasteiger partial charge in [0.25, 0.3) is 0 Å². The second-order valence-corrected chi connectivity index (χ2v) is 9.90. The Labute approximate surface area is 207 Å². The first-order valence-corrected chi connectivity index (χ1v) is 13.0. The van der Waals surface area contributed by atoms with E-state index in [1.165, 1.54) is 6.42 Å². The van der Waals surface area contributed by atoms with Gasteiger partial charge < -0.3 is 0 Å². The summed E-state index contributed by atoms with van der Waals surface area (Å²) in [5.74, 6) is -0.703. The fraction of sp³-hybridized carbons (Fsp3) is 0.375. The lowest BCUT2D eigenvalue weighted by Crippen LogP contribution is -2.14. The minimum atomic E-state index is -0.805. The predicted octanol–water partition coefficient (Wildman–Crippen LogP) is 10.0. The van der Waals surface area contributed by atoms with Crippen LogP contribution in [0.4, 0.5) is 13.2 Å². The van der Waals surface area contributed by atoms with Gasteiger partial charge in [-0.25, -0.2) is 13.2 Å². The Hall–Kier alpha value is -2.81. The van der Waals surface area contributed by atoms with Crippen molar-refractivity contribution in [2.45, 2.75) is 70.6 Å². The maximum absolute atomic E-state index is 15.1. The molecular formula is C32H35F3. The smallest absolute Gasteiger partial charge is 0.166 e. The number of unbranched alkanes of at least 4 members (excludes halogenated alkanes) is 1. The average Bonchev–Trinajstić information content (AvgIpc) is 2.89. The molecule has 0 atom stereocenters. The van der Waals surface area contributed by atoms with Crippen molar-refractivity contribution in [1.29, 1.82) is 0 Å². The highest BCUT2D eigenvalue weighted by Crippen LogP contribution is 2.39. The van der Waals surface area contributed by atoms with E-state index in [-0.39, 0.29) is 17.3 Å². The second-order valence-electron chi connectivity index (χ2n) is 9.90. The minimum absolute atomic E-state index is 0.156. The van der Waals surface area contributed by atoms with E-state index in [1.807, 2.05) is 37.3 Å². The highest BCUT2D eigenvalue weighted by atomic mass is 19.2. The van der Waals surface area contributed by atoms with Gasteiger partial charge in [-0.2, -0.15) is 0 Å². The molecule has 0 amide bonds. The topological polar surface area (TPSA) is 0 Å². The van der Waals surface area contributed by atoms with Gasteiger partial charge in [0.1, 0.15) is 5.82 Å². The molecule has 0 heterocycles. The highest BCUT2D eigenvalue weighted by molar-refractivity contribution is 5.71. The van der Waals surface area contributed by atoms with Crippen LogP contribution < -0.4 is 0 Å². The van der Waals surface area contributed by atoms with Gasteiger partial charge in [-0.15, -0.1) is 6.58 Å². The van der Waals surface area contributed by atoms with Crippen LogP contribution in [0.2, 0.25) is 0 Å². The summed E-state index contributed by atoms with van der Waals surface area (Å²) in [7, 11) is 0. The lowest BCUT2D eigenvalue weighted by Gasteiger charge is -2.29. The molecule has 3 aromatic carbocycles. The molecule has 0 aromatic heterocycles. The van der Waals surface area contributed by atoms with Gasteiger partial charge in [0.05, 0.1) is 0 Å². The predicted molar refractivity (Wildman–Crippen MR) is 140 cm³/mol. The van der Waals surface area contributed by atoms with E-state index in [9.17, 15) is 8.78 Å². The molecule has 0 nitrogen and oxygen atoms in total. The number of hydrogen-bond acceptors (Lipinski definition) is 0. The van der Waals surface area contributed by atoms with E-state index < -0.39 is 11.6 Å². The molecule has 1 fully saturated rings. The van der Waals surface area contributed by atoms with Crippen LogP contribution in [0.5, 0.6) is 0 Å². The molecule has 0 spiro atoms. The fourth-order valence-corrected chi connectivity index (χ4v) is 5.37. The Kier molecular flexibility index (Phi) is 8.49. The van der Waals surface area contributed by atoms with Gasteiger partial charge >= 0.3 is 0 Å². The van der Waals surface area contributed by atoms with Gasteiger partial charge in [0.2, 0.25) is 0 Å². The molecule has 1 aliphatic carbocycles. The molecule has 0 aliphatic heterocycles. The van der Waals surface area contributed by atoms with Gasteiger partial charge in [0.15, 0.2) is 11.6 Å². The van der Waals surface area contributed by atoms with Gasteiger partial charge in [0, 0.05) is 5.56 Å². The molecule has 35 heavy (non-hydrogen) atoms. The number of aryl methyl sites for hydroxylation is 1. The zero-order chi connectivity index (χ0) is 24.8. The molecule has 3 heteroatoms. The van der Waals surface area contributed by atoms with Crippen molar-refractivity contribution in [2.24, 2.45) is 5.92 Å². The van der Waals surface area contributed by atoms with Crippen LogP contribution in [0, 0.1) is 23.4 Å². The SMILES string of the molecule is C=CCCC1CCC(c2ccc(-c3ccc(-c4ccc(CCCC)c(F)c4F)cc3)cc2F)CC1. The first-order valence-electron chi connectivity index (χ1n) is 13.0. The maximum atomic E-state index is 15.1. The van der Waals surface area contributed by atoms with Crippen LogP contribution in [0.25, 0.3) is 22.3 Å². The number of hydrogen-bond donors (Lipinski definition) is 0. The van der Waals surface area contributed by atoms with E-state index in [1.54, 1.807) is 30.3 Å². The molecule has 0 N–H and O–H groups in total. The highest BCUT2D eigenvalue weighted by Gasteiger charge is 2.24. The quantitative estimate of drug-likeness (QED) is 0.270. The fourth-order valence-electron chi connectivity index (χ4n) is 5.37. The standard InChI is InChI=1S/C32H35F3/c1-3-5-7-22-9-11-24(12-10-22)28-19-18-27(21-30(28)33)23-13-15-25(16-14-23)29-20-17-26(8-6-4-2)31(34)32(29)35/h3,13-22,24H,1,4-12H2,2H3. The van der Waals surface area contributed by atoms with Crippen molar-refractivity contribution in [3.63, 3.8) is 0 Å². The Morgan fingerprint density at radius 3 is 2.17 bits per heavy atom. The molecule has 0 bridgehead atoms. The molecular weight excluding hydrogens is 441 g/mol. The first kappa shape index (κ1) is 25.3. The zero-order valence-corrected chi connectivity index (χ0v) is 20.6. The number of allylic oxidation sites excluding steroid dienone is 1. The summed E-state index contributed by atoms with van der Waals surface area (Å²) in [6.07, 6.45) is 10.9. The summed E-state index contributed by atoms with van der Waals surface area (Å²) in [5, 5.41) is 0. The average molecular weight is 477 g/mol. The van der Waals surface area contributed by atoms with E-state index in [0.29, 0.717) is 17.5 Å². The third-order valence-corrected chi connectivity index (χ3v) is 7.56. The lowest BCUT2D eigenvalue weighted by atomic mass is 9.77. The minimum Gasteiger partial charge on any atom is -0.207 e. The molecule has 0 unspecified atom stereocenters. The second kappa shape index (κ2) is 11.7. The third-order valence-electron chi connectivity index (χ3n) is 7.56. The molecule has 0 radical (unpaired) electrons. The summed E-state index contributed by atoms with van der Waals surface area (Å²) >= 11 is 0. The molecule has 3 aromatic rings. The monoisotopic (exact) mass is 476 g/mol. The zero-order valence-electron chi connectivity index (χ0n) is 20.6. The third kappa shape index (κ3) is 5.89. The van der Waals surface area contributed by atoms with Crippen LogP contribution in [0.1, 0.15) is 75.3 Å². The Balaban J connectivity index is 1.47. The summed E-state index contributed by atoms with van der Waals surface area (Å²) < 4.78 is 44.3. The summed E-state index contributed by atoms with van der Waals surface area (Å²) in [6.45, 7) is 5.84. The molecule has 0 saturated heterocycles. The first-order chi connectivity index (χ1) is 17.0. The van der Waals surface area contributed by atoms with Crippen molar-refractivity contribution in [1.82, 2.24) is 0 Å². The van der Waals surface area contributed by atoms with Crippen LogP contribution in [-0.4, -0.2) is 0 Å². The van der Waals surface area contributed by atoms with E-state index in [2.05, 4.69) is 6.58 Å². The van der Waals surface area contributed by atoms with Gasteiger partial charge in [-0.1, -0.05) is 68.0 Å². The Morgan fingerprint density at radius 1 is 0.829 bits per heavy atom. The van der Waals surface area contributed by atoms with Crippen molar-refractivity contribution in [3.05, 3.63) is 95.8 Å². The van der Waals surface area contributed by atoms with E-state index >= 15 is 4.39 Å². The number of benzene rings is 3. The normalized spacial score (nSPS) is 17.9. The summed E-state index contributed by atoms with van der Waals surface area (Å²) in [5.41, 5.74) is 3.74. The largest absolute Gasteiger partial charge is 0.207 e. The van der Waals surface area contributed by atoms with Crippen LogP contribution >= 0.6 is 0 Å². The van der Waals surface area contributed by atoms with Crippen molar-refractivity contribution < 1.29 is 13.2 Å². The molecule has 1 saturated carbocycles.